The summed E-state index contributed by atoms with van der Waals surface area (Å²) in [6, 6.07) is 7.27. The van der Waals surface area contributed by atoms with Gasteiger partial charge in [0.25, 0.3) is 0 Å². The lowest BCUT2D eigenvalue weighted by atomic mass is 10.0. The minimum Gasteiger partial charge on any atom is -0.330 e. The third-order valence-electron chi connectivity index (χ3n) is 3.58. The third-order valence-corrected chi connectivity index (χ3v) is 3.58. The van der Waals surface area contributed by atoms with Crippen LogP contribution in [0.2, 0.25) is 0 Å². The van der Waals surface area contributed by atoms with Crippen LogP contribution in [0.3, 0.4) is 0 Å². The van der Waals surface area contributed by atoms with Gasteiger partial charge in [0.05, 0.1) is 0 Å². The lowest BCUT2D eigenvalue weighted by Gasteiger charge is -2.24. The molecule has 0 aliphatic carbocycles. The second-order valence-electron chi connectivity index (χ2n) is 5.09. The van der Waals surface area contributed by atoms with Crippen molar-refractivity contribution in [2.75, 3.05) is 20.1 Å². The van der Waals surface area contributed by atoms with Gasteiger partial charge in [0.1, 0.15) is 0 Å². The molecule has 1 unspecified atom stereocenters. The van der Waals surface area contributed by atoms with Gasteiger partial charge in [0.15, 0.2) is 0 Å². The Balaban J connectivity index is 2.52. The van der Waals surface area contributed by atoms with Crippen molar-refractivity contribution in [1.29, 1.82) is 0 Å². The van der Waals surface area contributed by atoms with E-state index in [-0.39, 0.29) is 0 Å². The molecule has 0 amide bonds. The van der Waals surface area contributed by atoms with Crippen molar-refractivity contribution in [3.8, 4) is 0 Å². The summed E-state index contributed by atoms with van der Waals surface area (Å²) >= 11 is 0. The van der Waals surface area contributed by atoms with Crippen molar-refractivity contribution >= 4 is 0 Å². The van der Waals surface area contributed by atoms with Crippen LogP contribution in [0.4, 0.5) is 0 Å². The first-order valence-corrected chi connectivity index (χ1v) is 6.51. The van der Waals surface area contributed by atoms with Crippen molar-refractivity contribution in [3.63, 3.8) is 0 Å². The van der Waals surface area contributed by atoms with Crippen LogP contribution in [-0.4, -0.2) is 31.1 Å². The molecule has 0 bridgehead atoms. The maximum atomic E-state index is 5.59. The molecule has 2 heteroatoms. The number of rotatable bonds is 6. The fourth-order valence-corrected chi connectivity index (χ4v) is 2.05. The summed E-state index contributed by atoms with van der Waals surface area (Å²) in [6.45, 7) is 8.47. The van der Waals surface area contributed by atoms with E-state index in [9.17, 15) is 0 Å². The first-order chi connectivity index (χ1) is 8.04. The van der Waals surface area contributed by atoms with Crippen molar-refractivity contribution < 1.29 is 0 Å². The molecule has 96 valence electrons. The highest BCUT2D eigenvalue weighted by atomic mass is 15.1. The minimum atomic E-state index is 0.574. The summed E-state index contributed by atoms with van der Waals surface area (Å²) in [4.78, 5) is 2.40. The molecule has 0 spiro atoms. The molecule has 0 radical (unpaired) electrons. The van der Waals surface area contributed by atoms with Gasteiger partial charge in [-0.25, -0.2) is 0 Å². The zero-order valence-corrected chi connectivity index (χ0v) is 11.7. The van der Waals surface area contributed by atoms with Gasteiger partial charge >= 0.3 is 0 Å². The van der Waals surface area contributed by atoms with Crippen LogP contribution in [-0.2, 0) is 6.42 Å². The molecule has 0 saturated heterocycles. The van der Waals surface area contributed by atoms with E-state index in [4.69, 9.17) is 5.73 Å². The van der Waals surface area contributed by atoms with Crippen LogP contribution < -0.4 is 5.73 Å². The SMILES string of the molecule is Cc1ccc(C)c(CCN(C)C(C)CCN)c1. The average molecular weight is 234 g/mol. The van der Waals surface area contributed by atoms with Gasteiger partial charge in [0, 0.05) is 12.6 Å². The standard InChI is InChI=1S/C15H26N2/c1-12-5-6-13(2)15(11-12)8-10-17(4)14(3)7-9-16/h5-6,11,14H,7-10,16H2,1-4H3. The van der Waals surface area contributed by atoms with Crippen molar-refractivity contribution in [3.05, 3.63) is 34.9 Å². The van der Waals surface area contributed by atoms with Crippen LogP contribution in [0.1, 0.15) is 30.0 Å². The lowest BCUT2D eigenvalue weighted by Crippen LogP contribution is -2.32. The molecular weight excluding hydrogens is 208 g/mol. The van der Waals surface area contributed by atoms with E-state index in [1.165, 1.54) is 16.7 Å². The van der Waals surface area contributed by atoms with Crippen LogP contribution in [0, 0.1) is 13.8 Å². The Hall–Kier alpha value is -0.860. The average Bonchev–Trinajstić information content (AvgIpc) is 2.30. The van der Waals surface area contributed by atoms with E-state index >= 15 is 0 Å². The zero-order chi connectivity index (χ0) is 12.8. The number of nitrogens with zero attached hydrogens (tertiary/aromatic N) is 1. The van der Waals surface area contributed by atoms with Gasteiger partial charge in [-0.1, -0.05) is 23.8 Å². The summed E-state index contributed by atoms with van der Waals surface area (Å²) in [5.41, 5.74) is 9.81. The third kappa shape index (κ3) is 4.49. The van der Waals surface area contributed by atoms with Crippen molar-refractivity contribution in [1.82, 2.24) is 4.90 Å². The quantitative estimate of drug-likeness (QED) is 0.819. The molecule has 2 N–H and O–H groups in total. The molecule has 0 aliphatic rings. The Morgan fingerprint density at radius 2 is 2.00 bits per heavy atom. The first kappa shape index (κ1) is 14.2. The Morgan fingerprint density at radius 1 is 1.29 bits per heavy atom. The van der Waals surface area contributed by atoms with Gasteiger partial charge in [-0.05, 0) is 58.3 Å². The fraction of sp³-hybridized carbons (Fsp3) is 0.600. The molecule has 0 fully saturated rings. The van der Waals surface area contributed by atoms with E-state index < -0.39 is 0 Å². The van der Waals surface area contributed by atoms with Gasteiger partial charge < -0.3 is 10.6 Å². The topological polar surface area (TPSA) is 29.3 Å². The molecule has 1 atom stereocenters. The van der Waals surface area contributed by atoms with Crippen LogP contribution in [0.5, 0.6) is 0 Å². The van der Waals surface area contributed by atoms with Crippen LogP contribution in [0.25, 0.3) is 0 Å². The Morgan fingerprint density at radius 3 is 2.65 bits per heavy atom. The van der Waals surface area contributed by atoms with Gasteiger partial charge in [0.2, 0.25) is 0 Å². The summed E-state index contributed by atoms with van der Waals surface area (Å²) in [5.74, 6) is 0. The second kappa shape index (κ2) is 6.77. The maximum absolute atomic E-state index is 5.59. The van der Waals surface area contributed by atoms with Crippen LogP contribution >= 0.6 is 0 Å². The lowest BCUT2D eigenvalue weighted by molar-refractivity contribution is 0.251. The molecule has 0 heterocycles. The highest BCUT2D eigenvalue weighted by Crippen LogP contribution is 2.12. The van der Waals surface area contributed by atoms with Gasteiger partial charge in [-0.3, -0.25) is 0 Å². The number of hydrogen-bond acceptors (Lipinski definition) is 2. The Labute approximate surface area is 106 Å². The maximum Gasteiger partial charge on any atom is 0.00760 e. The number of aryl methyl sites for hydroxylation is 2. The molecule has 1 aromatic rings. The first-order valence-electron chi connectivity index (χ1n) is 6.51. The largest absolute Gasteiger partial charge is 0.330 e. The van der Waals surface area contributed by atoms with Gasteiger partial charge in [-0.15, -0.1) is 0 Å². The second-order valence-corrected chi connectivity index (χ2v) is 5.09. The number of benzene rings is 1. The number of hydrogen-bond donors (Lipinski definition) is 1. The molecule has 1 rings (SSSR count). The molecule has 0 saturated carbocycles. The number of nitrogens with two attached hydrogens (primary N) is 1. The number of likely N-dealkylation sites (N-methyl/N-ethyl adjacent to an activating group) is 1. The van der Waals surface area contributed by atoms with Crippen molar-refractivity contribution in [2.24, 2.45) is 5.73 Å². The highest BCUT2D eigenvalue weighted by Gasteiger charge is 2.08. The Kier molecular flexibility index (Phi) is 5.66. The fourth-order valence-electron chi connectivity index (χ4n) is 2.05. The zero-order valence-electron chi connectivity index (χ0n) is 11.7. The van der Waals surface area contributed by atoms with E-state index in [1.807, 2.05) is 0 Å². The molecule has 0 aliphatic heterocycles. The van der Waals surface area contributed by atoms with E-state index in [1.54, 1.807) is 0 Å². The summed E-state index contributed by atoms with van der Waals surface area (Å²) in [5, 5.41) is 0. The normalized spacial score (nSPS) is 13.1. The van der Waals surface area contributed by atoms with Crippen LogP contribution in [0.15, 0.2) is 18.2 Å². The highest BCUT2D eigenvalue weighted by molar-refractivity contribution is 5.30. The smallest absolute Gasteiger partial charge is 0.00760 e. The predicted molar refractivity (Wildman–Crippen MR) is 75.4 cm³/mol. The summed E-state index contributed by atoms with van der Waals surface area (Å²) < 4.78 is 0. The van der Waals surface area contributed by atoms with Gasteiger partial charge in [-0.2, -0.15) is 0 Å². The van der Waals surface area contributed by atoms with E-state index in [0.29, 0.717) is 6.04 Å². The molecule has 2 nitrogen and oxygen atoms in total. The van der Waals surface area contributed by atoms with Crippen molar-refractivity contribution in [2.45, 2.75) is 39.7 Å². The minimum absolute atomic E-state index is 0.574. The monoisotopic (exact) mass is 234 g/mol. The van der Waals surface area contributed by atoms with E-state index in [2.05, 4.69) is 50.9 Å². The molecular formula is C15H26N2. The molecule has 17 heavy (non-hydrogen) atoms. The molecule has 0 aromatic heterocycles. The molecule has 1 aromatic carbocycles. The summed E-state index contributed by atoms with van der Waals surface area (Å²) in [6.07, 6.45) is 2.20. The predicted octanol–water partition coefficient (Wildman–Crippen LogP) is 2.52. The van der Waals surface area contributed by atoms with E-state index in [0.717, 1.165) is 25.9 Å². The Bertz CT molecular complexity index is 347. The summed E-state index contributed by atoms with van der Waals surface area (Å²) in [7, 11) is 2.19.